The number of aliphatic hydroxyl groups is 1. The number of aliphatic hydroxyl groups excluding tert-OH is 1. The van der Waals surface area contributed by atoms with Crippen LogP contribution in [0.4, 0.5) is 0 Å². The molecule has 1 aliphatic rings. The molecule has 1 aromatic heterocycles. The van der Waals surface area contributed by atoms with Crippen molar-refractivity contribution in [3.8, 4) is 11.5 Å². The summed E-state index contributed by atoms with van der Waals surface area (Å²) in [6.07, 6.45) is 0.979. The fourth-order valence-corrected chi connectivity index (χ4v) is 2.39. The third-order valence-electron chi connectivity index (χ3n) is 2.57. The zero-order valence-electron chi connectivity index (χ0n) is 9.00. The molecule has 1 atom stereocenters. The van der Waals surface area contributed by atoms with Gasteiger partial charge in [0.1, 0.15) is 24.3 Å². The minimum absolute atomic E-state index is 0.545. The molecule has 17 heavy (non-hydrogen) atoms. The zero-order chi connectivity index (χ0) is 11.7. The molecule has 1 aliphatic heterocycles. The topological polar surface area (TPSA) is 51.6 Å². The molecule has 0 amide bonds. The normalized spacial score (nSPS) is 15.6. The SMILES string of the molecule is OC(c1ccc2c(c1)OCCO2)c1nccs1. The maximum atomic E-state index is 10.1. The van der Waals surface area contributed by atoms with Crippen LogP contribution in [0.25, 0.3) is 0 Å². The molecule has 0 fully saturated rings. The largest absolute Gasteiger partial charge is 0.486 e. The van der Waals surface area contributed by atoms with Crippen molar-refractivity contribution in [1.29, 1.82) is 0 Å². The van der Waals surface area contributed by atoms with Crippen LogP contribution in [0.2, 0.25) is 0 Å². The van der Waals surface area contributed by atoms with E-state index in [2.05, 4.69) is 4.98 Å². The van der Waals surface area contributed by atoms with Gasteiger partial charge in [0, 0.05) is 11.6 Å². The highest BCUT2D eigenvalue weighted by Gasteiger charge is 2.17. The lowest BCUT2D eigenvalue weighted by Gasteiger charge is -2.19. The Kier molecular flexibility index (Phi) is 2.70. The molecule has 5 heteroatoms. The van der Waals surface area contributed by atoms with Gasteiger partial charge in [0.15, 0.2) is 11.5 Å². The molecular weight excluding hydrogens is 238 g/mol. The van der Waals surface area contributed by atoms with Crippen LogP contribution in [0.5, 0.6) is 11.5 Å². The van der Waals surface area contributed by atoms with Crippen LogP contribution in [0.3, 0.4) is 0 Å². The first kappa shape index (κ1) is 10.6. The van der Waals surface area contributed by atoms with Gasteiger partial charge >= 0.3 is 0 Å². The minimum Gasteiger partial charge on any atom is -0.486 e. The molecule has 0 saturated heterocycles. The number of thiazole rings is 1. The van der Waals surface area contributed by atoms with E-state index in [1.807, 2.05) is 17.5 Å². The van der Waals surface area contributed by atoms with E-state index >= 15 is 0 Å². The van der Waals surface area contributed by atoms with Crippen molar-refractivity contribution in [2.75, 3.05) is 13.2 Å². The summed E-state index contributed by atoms with van der Waals surface area (Å²) in [7, 11) is 0. The van der Waals surface area contributed by atoms with Gasteiger partial charge in [0.2, 0.25) is 0 Å². The number of ether oxygens (including phenoxy) is 2. The van der Waals surface area contributed by atoms with Crippen LogP contribution >= 0.6 is 11.3 Å². The Morgan fingerprint density at radius 1 is 1.24 bits per heavy atom. The van der Waals surface area contributed by atoms with Crippen LogP contribution < -0.4 is 9.47 Å². The van der Waals surface area contributed by atoms with E-state index < -0.39 is 6.10 Å². The number of hydrogen-bond donors (Lipinski definition) is 1. The van der Waals surface area contributed by atoms with E-state index in [0.29, 0.717) is 24.0 Å². The molecule has 1 aromatic carbocycles. The summed E-state index contributed by atoms with van der Waals surface area (Å²) in [6, 6.07) is 5.46. The first-order valence-electron chi connectivity index (χ1n) is 5.31. The lowest BCUT2D eigenvalue weighted by Crippen LogP contribution is -2.15. The summed E-state index contributed by atoms with van der Waals surface area (Å²) in [5.74, 6) is 1.41. The maximum Gasteiger partial charge on any atom is 0.161 e. The number of rotatable bonds is 2. The number of nitrogens with zero attached hydrogens (tertiary/aromatic N) is 1. The first-order valence-corrected chi connectivity index (χ1v) is 6.19. The average molecular weight is 249 g/mol. The predicted molar refractivity (Wildman–Crippen MR) is 63.6 cm³/mol. The summed E-state index contributed by atoms with van der Waals surface area (Å²) in [6.45, 7) is 1.12. The van der Waals surface area contributed by atoms with Gasteiger partial charge in [-0.2, -0.15) is 0 Å². The fraction of sp³-hybridized carbons (Fsp3) is 0.250. The van der Waals surface area contributed by atoms with Crippen LogP contribution in [-0.4, -0.2) is 23.3 Å². The second-order valence-corrected chi connectivity index (χ2v) is 4.60. The summed E-state index contributed by atoms with van der Waals surface area (Å²) in [4.78, 5) is 4.10. The van der Waals surface area contributed by atoms with Crippen molar-refractivity contribution in [3.63, 3.8) is 0 Å². The Labute approximate surface area is 102 Å². The van der Waals surface area contributed by atoms with Crippen molar-refractivity contribution in [3.05, 3.63) is 40.3 Å². The second-order valence-electron chi connectivity index (χ2n) is 3.68. The van der Waals surface area contributed by atoms with Crippen LogP contribution in [0.15, 0.2) is 29.8 Å². The Hall–Kier alpha value is -1.59. The summed E-state index contributed by atoms with van der Waals surface area (Å²) < 4.78 is 10.9. The number of fused-ring (bicyclic) bond motifs is 1. The molecule has 2 heterocycles. The van der Waals surface area contributed by atoms with Crippen LogP contribution in [0, 0.1) is 0 Å². The van der Waals surface area contributed by atoms with Gasteiger partial charge in [-0.3, -0.25) is 0 Å². The Morgan fingerprint density at radius 3 is 2.82 bits per heavy atom. The predicted octanol–water partition coefficient (Wildman–Crippen LogP) is 2.00. The van der Waals surface area contributed by atoms with Gasteiger partial charge in [0.05, 0.1) is 0 Å². The van der Waals surface area contributed by atoms with E-state index in [9.17, 15) is 5.11 Å². The van der Waals surface area contributed by atoms with Crippen LogP contribution in [0.1, 0.15) is 16.7 Å². The highest BCUT2D eigenvalue weighted by Crippen LogP contribution is 2.34. The average Bonchev–Trinajstić information content (AvgIpc) is 2.91. The van der Waals surface area contributed by atoms with E-state index in [1.165, 1.54) is 11.3 Å². The van der Waals surface area contributed by atoms with Gasteiger partial charge in [-0.05, 0) is 17.7 Å². The van der Waals surface area contributed by atoms with E-state index in [0.717, 1.165) is 11.3 Å². The molecule has 1 unspecified atom stereocenters. The van der Waals surface area contributed by atoms with Gasteiger partial charge in [-0.25, -0.2) is 4.98 Å². The standard InChI is InChI=1S/C12H11NO3S/c14-11(12-13-3-6-17-12)8-1-2-9-10(7-8)16-5-4-15-9/h1-3,6-7,11,14H,4-5H2. The Morgan fingerprint density at radius 2 is 2.06 bits per heavy atom. The van der Waals surface area contributed by atoms with Gasteiger partial charge in [-0.15, -0.1) is 11.3 Å². The van der Waals surface area contributed by atoms with Gasteiger partial charge < -0.3 is 14.6 Å². The lowest BCUT2D eigenvalue weighted by molar-refractivity contribution is 0.169. The van der Waals surface area contributed by atoms with Crippen molar-refractivity contribution in [2.24, 2.45) is 0 Å². The molecule has 0 spiro atoms. The monoisotopic (exact) mass is 249 g/mol. The van der Waals surface area contributed by atoms with Crippen molar-refractivity contribution >= 4 is 11.3 Å². The van der Waals surface area contributed by atoms with E-state index in [-0.39, 0.29) is 0 Å². The minimum atomic E-state index is -0.703. The molecule has 0 saturated carbocycles. The van der Waals surface area contributed by atoms with E-state index in [4.69, 9.17) is 9.47 Å². The zero-order valence-corrected chi connectivity index (χ0v) is 9.81. The molecular formula is C12H11NO3S. The van der Waals surface area contributed by atoms with Crippen molar-refractivity contribution in [1.82, 2.24) is 4.98 Å². The smallest absolute Gasteiger partial charge is 0.161 e. The molecule has 0 bridgehead atoms. The second kappa shape index (κ2) is 4.35. The lowest BCUT2D eigenvalue weighted by atomic mass is 10.1. The van der Waals surface area contributed by atoms with Crippen molar-refractivity contribution in [2.45, 2.75) is 6.10 Å². The highest BCUT2D eigenvalue weighted by atomic mass is 32.1. The Balaban J connectivity index is 1.93. The quantitative estimate of drug-likeness (QED) is 0.884. The number of benzene rings is 1. The molecule has 0 radical (unpaired) electrons. The number of aromatic nitrogens is 1. The van der Waals surface area contributed by atoms with Gasteiger partial charge in [-0.1, -0.05) is 6.07 Å². The number of hydrogen-bond acceptors (Lipinski definition) is 5. The third kappa shape index (κ3) is 1.99. The molecule has 0 aliphatic carbocycles. The van der Waals surface area contributed by atoms with Gasteiger partial charge in [0.25, 0.3) is 0 Å². The molecule has 4 nitrogen and oxygen atoms in total. The van der Waals surface area contributed by atoms with E-state index in [1.54, 1.807) is 12.3 Å². The Bertz CT molecular complexity index is 512. The van der Waals surface area contributed by atoms with Crippen molar-refractivity contribution < 1.29 is 14.6 Å². The summed E-state index contributed by atoms with van der Waals surface area (Å²) in [5, 5.41) is 12.7. The molecule has 2 aromatic rings. The first-order chi connectivity index (χ1) is 8.34. The third-order valence-corrected chi connectivity index (χ3v) is 3.40. The highest BCUT2D eigenvalue weighted by molar-refractivity contribution is 7.09. The molecule has 1 N–H and O–H groups in total. The molecule has 88 valence electrons. The fourth-order valence-electron chi connectivity index (χ4n) is 1.74. The van der Waals surface area contributed by atoms with Crippen LogP contribution in [-0.2, 0) is 0 Å². The maximum absolute atomic E-state index is 10.1. The summed E-state index contributed by atoms with van der Waals surface area (Å²) >= 11 is 1.43. The summed E-state index contributed by atoms with van der Waals surface area (Å²) in [5.41, 5.74) is 0.768. The molecule has 3 rings (SSSR count).